The second-order valence-corrected chi connectivity index (χ2v) is 11.0. The van der Waals surface area contributed by atoms with E-state index in [0.717, 1.165) is 50.3 Å². The Kier molecular flexibility index (Phi) is 6.47. The summed E-state index contributed by atoms with van der Waals surface area (Å²) >= 11 is 0. The van der Waals surface area contributed by atoms with Gasteiger partial charge in [-0.1, -0.05) is 103 Å². The predicted octanol–water partition coefficient (Wildman–Crippen LogP) is 10.5. The van der Waals surface area contributed by atoms with E-state index in [1.54, 1.807) is 0 Å². The number of rotatable bonds is 5. The summed E-state index contributed by atoms with van der Waals surface area (Å²) in [5.41, 5.74) is 9.30. The van der Waals surface area contributed by atoms with Crippen LogP contribution in [-0.4, -0.2) is 15.0 Å². The van der Waals surface area contributed by atoms with E-state index in [2.05, 4.69) is 138 Å². The fourth-order valence-electron chi connectivity index (χ4n) is 5.83. The van der Waals surface area contributed by atoms with Gasteiger partial charge in [0.25, 0.3) is 0 Å². The zero-order valence-electron chi connectivity index (χ0n) is 23.9. The molecule has 0 aliphatic heterocycles. The van der Waals surface area contributed by atoms with Crippen LogP contribution in [-0.2, 0) is 0 Å². The van der Waals surface area contributed by atoms with Crippen molar-refractivity contribution in [2.24, 2.45) is 0 Å². The van der Waals surface area contributed by atoms with Crippen LogP contribution in [0.25, 0.3) is 77.7 Å². The molecule has 0 amide bonds. The molecule has 8 rings (SSSR count). The monoisotopic (exact) mass is 561 g/mol. The number of fused-ring (bicyclic) bond motifs is 2. The summed E-state index contributed by atoms with van der Waals surface area (Å²) in [6, 6.07) is 53.2. The van der Waals surface area contributed by atoms with Gasteiger partial charge in [0.15, 0.2) is 5.82 Å². The highest BCUT2D eigenvalue weighted by atomic mass is 14.9. The first-order valence-electron chi connectivity index (χ1n) is 14.8. The minimum absolute atomic E-state index is 0.687. The first-order valence-corrected chi connectivity index (χ1v) is 14.8. The number of benzene rings is 6. The second kappa shape index (κ2) is 11.0. The molecule has 0 bridgehead atoms. The number of pyridine rings is 1. The van der Waals surface area contributed by atoms with Gasteiger partial charge in [0.2, 0.25) is 0 Å². The molecule has 44 heavy (non-hydrogen) atoms. The second-order valence-electron chi connectivity index (χ2n) is 11.0. The molecule has 0 fully saturated rings. The Labute approximate surface area is 256 Å². The van der Waals surface area contributed by atoms with E-state index in [1.165, 1.54) is 21.5 Å². The van der Waals surface area contributed by atoms with Gasteiger partial charge in [0.05, 0.1) is 11.4 Å². The standard InChI is InChI=1S/C41H27N3/c1-2-8-28(9-3-1)36-24-37(31-18-20-42-21-19-31)26-38(25-36)41-43-39(34-16-14-29-10-4-6-12-32(29)22-34)27-40(44-41)35-17-15-30-11-5-7-13-33(30)23-35/h1-27H. The summed E-state index contributed by atoms with van der Waals surface area (Å²) < 4.78 is 0. The van der Waals surface area contributed by atoms with Crippen molar-refractivity contribution in [1.82, 2.24) is 15.0 Å². The third-order valence-electron chi connectivity index (χ3n) is 8.13. The first kappa shape index (κ1) is 25.8. The lowest BCUT2D eigenvalue weighted by molar-refractivity contribution is 1.18. The highest BCUT2D eigenvalue weighted by Gasteiger charge is 2.14. The van der Waals surface area contributed by atoms with Gasteiger partial charge in [0, 0.05) is 29.1 Å². The molecule has 0 N–H and O–H groups in total. The summed E-state index contributed by atoms with van der Waals surface area (Å²) in [5.74, 6) is 0.687. The van der Waals surface area contributed by atoms with Crippen molar-refractivity contribution in [2.75, 3.05) is 0 Å². The van der Waals surface area contributed by atoms with Crippen molar-refractivity contribution in [1.29, 1.82) is 0 Å². The van der Waals surface area contributed by atoms with Crippen LogP contribution in [0.15, 0.2) is 164 Å². The molecule has 0 unspecified atom stereocenters. The Hall–Kier alpha value is -5.93. The number of hydrogen-bond acceptors (Lipinski definition) is 3. The molecule has 0 saturated heterocycles. The minimum atomic E-state index is 0.687. The zero-order valence-corrected chi connectivity index (χ0v) is 23.9. The van der Waals surface area contributed by atoms with E-state index in [4.69, 9.17) is 9.97 Å². The normalized spacial score (nSPS) is 11.2. The van der Waals surface area contributed by atoms with Crippen LogP contribution in [0.4, 0.5) is 0 Å². The third-order valence-corrected chi connectivity index (χ3v) is 8.13. The minimum Gasteiger partial charge on any atom is -0.265 e. The van der Waals surface area contributed by atoms with Gasteiger partial charge in [0.1, 0.15) is 0 Å². The van der Waals surface area contributed by atoms with Gasteiger partial charge < -0.3 is 0 Å². The molecule has 206 valence electrons. The smallest absolute Gasteiger partial charge is 0.160 e. The maximum Gasteiger partial charge on any atom is 0.160 e. The average Bonchev–Trinajstić information content (AvgIpc) is 3.11. The molecule has 8 aromatic rings. The van der Waals surface area contributed by atoms with Gasteiger partial charge in [-0.3, -0.25) is 4.98 Å². The molecule has 0 saturated carbocycles. The molecule has 0 aliphatic carbocycles. The van der Waals surface area contributed by atoms with E-state index in [-0.39, 0.29) is 0 Å². The molecule has 0 aliphatic rings. The van der Waals surface area contributed by atoms with Crippen LogP contribution < -0.4 is 0 Å². The lowest BCUT2D eigenvalue weighted by atomic mass is 9.96. The molecule has 2 heterocycles. The van der Waals surface area contributed by atoms with Crippen molar-refractivity contribution in [3.8, 4) is 56.2 Å². The Morgan fingerprint density at radius 1 is 0.295 bits per heavy atom. The van der Waals surface area contributed by atoms with E-state index < -0.39 is 0 Å². The number of nitrogens with zero attached hydrogens (tertiary/aromatic N) is 3. The molecule has 0 radical (unpaired) electrons. The maximum atomic E-state index is 5.21. The van der Waals surface area contributed by atoms with Gasteiger partial charge in [-0.25, -0.2) is 9.97 Å². The summed E-state index contributed by atoms with van der Waals surface area (Å²) in [6.07, 6.45) is 3.66. The van der Waals surface area contributed by atoms with E-state index in [0.29, 0.717) is 5.82 Å². The predicted molar refractivity (Wildman–Crippen MR) is 182 cm³/mol. The van der Waals surface area contributed by atoms with Crippen LogP contribution in [0.2, 0.25) is 0 Å². The molecular weight excluding hydrogens is 534 g/mol. The van der Waals surface area contributed by atoms with Gasteiger partial charge in [-0.15, -0.1) is 0 Å². The topological polar surface area (TPSA) is 38.7 Å². The van der Waals surface area contributed by atoms with E-state index >= 15 is 0 Å². The molecule has 6 aromatic carbocycles. The van der Waals surface area contributed by atoms with Crippen LogP contribution in [0.5, 0.6) is 0 Å². The van der Waals surface area contributed by atoms with Crippen molar-refractivity contribution in [2.45, 2.75) is 0 Å². The van der Waals surface area contributed by atoms with Crippen LogP contribution in [0.1, 0.15) is 0 Å². The number of aromatic nitrogens is 3. The van der Waals surface area contributed by atoms with E-state index in [1.807, 2.05) is 30.6 Å². The Bertz CT molecular complexity index is 2120. The highest BCUT2D eigenvalue weighted by Crippen LogP contribution is 2.35. The largest absolute Gasteiger partial charge is 0.265 e. The van der Waals surface area contributed by atoms with Gasteiger partial charge in [-0.2, -0.15) is 0 Å². The fourth-order valence-corrected chi connectivity index (χ4v) is 5.83. The van der Waals surface area contributed by atoms with Crippen molar-refractivity contribution in [3.63, 3.8) is 0 Å². The lowest BCUT2D eigenvalue weighted by Crippen LogP contribution is -1.97. The quantitative estimate of drug-likeness (QED) is 0.210. The SMILES string of the molecule is c1ccc(-c2cc(-c3ccncc3)cc(-c3nc(-c4ccc5ccccc5c4)cc(-c4ccc5ccccc5c4)n3)c2)cc1. The third kappa shape index (κ3) is 5.01. The molecule has 2 aromatic heterocycles. The Morgan fingerprint density at radius 2 is 0.773 bits per heavy atom. The van der Waals surface area contributed by atoms with E-state index in [9.17, 15) is 0 Å². The van der Waals surface area contributed by atoms with Crippen LogP contribution >= 0.6 is 0 Å². The van der Waals surface area contributed by atoms with Crippen molar-refractivity contribution < 1.29 is 0 Å². The maximum absolute atomic E-state index is 5.21. The van der Waals surface area contributed by atoms with Gasteiger partial charge >= 0.3 is 0 Å². The van der Waals surface area contributed by atoms with Crippen molar-refractivity contribution >= 4 is 21.5 Å². The van der Waals surface area contributed by atoms with Gasteiger partial charge in [-0.05, 0) is 92.3 Å². The molecule has 0 spiro atoms. The Balaban J connectivity index is 1.36. The summed E-state index contributed by atoms with van der Waals surface area (Å²) in [6.45, 7) is 0. The van der Waals surface area contributed by atoms with Crippen LogP contribution in [0, 0.1) is 0 Å². The van der Waals surface area contributed by atoms with Crippen molar-refractivity contribution in [3.05, 3.63) is 164 Å². The molecular formula is C41H27N3. The Morgan fingerprint density at radius 3 is 1.34 bits per heavy atom. The molecule has 3 nitrogen and oxygen atoms in total. The summed E-state index contributed by atoms with van der Waals surface area (Å²) in [4.78, 5) is 14.7. The average molecular weight is 562 g/mol. The fraction of sp³-hybridized carbons (Fsp3) is 0. The molecule has 3 heteroatoms. The van der Waals surface area contributed by atoms with Crippen LogP contribution in [0.3, 0.4) is 0 Å². The lowest BCUT2D eigenvalue weighted by Gasteiger charge is -2.13. The number of hydrogen-bond donors (Lipinski definition) is 0. The molecule has 0 atom stereocenters. The first-order chi connectivity index (χ1) is 21.8. The highest BCUT2D eigenvalue weighted by molar-refractivity contribution is 5.90. The summed E-state index contributed by atoms with van der Waals surface area (Å²) in [5, 5.41) is 4.78. The zero-order chi connectivity index (χ0) is 29.3. The summed E-state index contributed by atoms with van der Waals surface area (Å²) in [7, 11) is 0.